The zero-order chi connectivity index (χ0) is 13.2. The van der Waals surface area contributed by atoms with Crippen LogP contribution in [0.1, 0.15) is 32.8 Å². The van der Waals surface area contributed by atoms with E-state index in [2.05, 4.69) is 55.8 Å². The summed E-state index contributed by atoms with van der Waals surface area (Å²) in [6.45, 7) is 8.67. The van der Waals surface area contributed by atoms with Crippen molar-refractivity contribution in [2.24, 2.45) is 11.1 Å². The van der Waals surface area contributed by atoms with Crippen LogP contribution in [-0.4, -0.2) is 11.1 Å². The molecule has 2 aromatic rings. The van der Waals surface area contributed by atoms with Crippen molar-refractivity contribution in [3.05, 3.63) is 36.0 Å². The Morgan fingerprint density at radius 2 is 1.94 bits per heavy atom. The van der Waals surface area contributed by atoms with Gasteiger partial charge in [0.2, 0.25) is 0 Å². The number of aromatic nitrogens is 1. The van der Waals surface area contributed by atoms with Crippen LogP contribution in [0.15, 0.2) is 30.5 Å². The first-order valence-corrected chi connectivity index (χ1v) is 6.78. The van der Waals surface area contributed by atoms with E-state index in [-0.39, 0.29) is 0 Å². The topological polar surface area (TPSA) is 30.9 Å². The Labute approximate surface area is 110 Å². The quantitative estimate of drug-likeness (QED) is 0.875. The van der Waals surface area contributed by atoms with Gasteiger partial charge in [0.1, 0.15) is 0 Å². The van der Waals surface area contributed by atoms with Crippen molar-refractivity contribution in [2.45, 2.75) is 40.2 Å². The molecule has 2 nitrogen and oxygen atoms in total. The molecule has 0 bridgehead atoms. The van der Waals surface area contributed by atoms with Crippen LogP contribution in [0, 0.1) is 5.41 Å². The lowest BCUT2D eigenvalue weighted by Crippen LogP contribution is -2.09. The van der Waals surface area contributed by atoms with Crippen molar-refractivity contribution in [3.63, 3.8) is 0 Å². The molecule has 0 aliphatic carbocycles. The summed E-state index contributed by atoms with van der Waals surface area (Å²) in [4.78, 5) is 0. The molecule has 1 aromatic heterocycles. The highest BCUT2D eigenvalue weighted by molar-refractivity contribution is 5.83. The molecule has 2 rings (SSSR count). The second-order valence-electron chi connectivity index (χ2n) is 6.21. The second kappa shape index (κ2) is 5.15. The summed E-state index contributed by atoms with van der Waals surface area (Å²) in [6, 6.07) is 8.76. The van der Waals surface area contributed by atoms with Crippen molar-refractivity contribution in [1.29, 1.82) is 0 Å². The highest BCUT2D eigenvalue weighted by atomic mass is 14.9. The summed E-state index contributed by atoms with van der Waals surface area (Å²) < 4.78 is 2.36. The lowest BCUT2D eigenvalue weighted by Gasteiger charge is -2.18. The van der Waals surface area contributed by atoms with Gasteiger partial charge in [0.15, 0.2) is 0 Å². The number of fused-ring (bicyclic) bond motifs is 1. The van der Waals surface area contributed by atoms with Crippen molar-refractivity contribution < 1.29 is 0 Å². The average Bonchev–Trinajstić information content (AvgIpc) is 2.70. The number of nitrogens with two attached hydrogens (primary N) is 1. The average molecular weight is 244 g/mol. The minimum Gasteiger partial charge on any atom is -0.347 e. The molecule has 0 unspecified atom stereocenters. The van der Waals surface area contributed by atoms with Gasteiger partial charge in [-0.05, 0) is 42.5 Å². The van der Waals surface area contributed by atoms with Crippen LogP contribution in [0.3, 0.4) is 0 Å². The molecule has 0 atom stereocenters. The summed E-state index contributed by atoms with van der Waals surface area (Å²) in [5.74, 6) is 0. The number of hydrogen-bond donors (Lipinski definition) is 1. The van der Waals surface area contributed by atoms with E-state index in [0.29, 0.717) is 12.0 Å². The largest absolute Gasteiger partial charge is 0.347 e. The smallest absolute Gasteiger partial charge is 0.0483 e. The molecule has 0 spiro atoms. The highest BCUT2D eigenvalue weighted by Gasteiger charge is 2.11. The number of aryl methyl sites for hydroxylation is 1. The maximum absolute atomic E-state index is 5.67. The molecule has 0 fully saturated rings. The lowest BCUT2D eigenvalue weighted by atomic mass is 9.92. The fraction of sp³-hybridized carbons (Fsp3) is 0.500. The summed E-state index contributed by atoms with van der Waals surface area (Å²) >= 11 is 0. The van der Waals surface area contributed by atoms with Gasteiger partial charge >= 0.3 is 0 Å². The Kier molecular flexibility index (Phi) is 3.76. The first kappa shape index (κ1) is 13.2. The third-order valence-corrected chi connectivity index (χ3v) is 3.42. The predicted molar refractivity (Wildman–Crippen MR) is 78.8 cm³/mol. The van der Waals surface area contributed by atoms with Crippen molar-refractivity contribution in [1.82, 2.24) is 4.57 Å². The van der Waals surface area contributed by atoms with Crippen molar-refractivity contribution in [3.8, 4) is 0 Å². The normalized spacial score (nSPS) is 12.2. The lowest BCUT2D eigenvalue weighted by molar-refractivity contribution is 0.353. The Hall–Kier alpha value is -1.28. The van der Waals surface area contributed by atoms with Gasteiger partial charge in [0.25, 0.3) is 0 Å². The van der Waals surface area contributed by atoms with Crippen LogP contribution in [0.25, 0.3) is 10.9 Å². The van der Waals surface area contributed by atoms with E-state index in [1.807, 2.05) is 0 Å². The third-order valence-electron chi connectivity index (χ3n) is 3.42. The molecule has 0 saturated carbocycles. The van der Waals surface area contributed by atoms with Crippen LogP contribution in [0.5, 0.6) is 0 Å². The van der Waals surface area contributed by atoms with Crippen LogP contribution in [-0.2, 0) is 13.0 Å². The minimum absolute atomic E-state index is 0.380. The van der Waals surface area contributed by atoms with Gasteiger partial charge in [-0.2, -0.15) is 0 Å². The molecule has 0 aliphatic heterocycles. The molecule has 0 aliphatic rings. The Balaban J connectivity index is 2.28. The fourth-order valence-electron chi connectivity index (χ4n) is 2.31. The summed E-state index contributed by atoms with van der Waals surface area (Å²) in [7, 11) is 0. The van der Waals surface area contributed by atoms with Crippen LogP contribution >= 0.6 is 0 Å². The van der Waals surface area contributed by atoms with Gasteiger partial charge < -0.3 is 10.3 Å². The number of hydrogen-bond acceptors (Lipinski definition) is 1. The molecule has 18 heavy (non-hydrogen) atoms. The molecule has 2 N–H and O–H groups in total. The maximum atomic E-state index is 5.67. The Morgan fingerprint density at radius 3 is 2.61 bits per heavy atom. The van der Waals surface area contributed by atoms with Crippen molar-refractivity contribution >= 4 is 10.9 Å². The van der Waals surface area contributed by atoms with Gasteiger partial charge in [-0.3, -0.25) is 0 Å². The summed E-state index contributed by atoms with van der Waals surface area (Å²) in [5.41, 5.74) is 8.75. The van der Waals surface area contributed by atoms with E-state index < -0.39 is 0 Å². The monoisotopic (exact) mass is 244 g/mol. The molecular formula is C16H24N2. The van der Waals surface area contributed by atoms with E-state index in [1.54, 1.807) is 0 Å². The highest BCUT2D eigenvalue weighted by Crippen LogP contribution is 2.24. The fourth-order valence-corrected chi connectivity index (χ4v) is 2.31. The zero-order valence-electron chi connectivity index (χ0n) is 11.7. The molecule has 0 saturated heterocycles. The predicted octanol–water partition coefficient (Wildman–Crippen LogP) is 3.58. The van der Waals surface area contributed by atoms with E-state index in [0.717, 1.165) is 13.0 Å². The number of rotatable bonds is 4. The number of nitrogens with zero attached hydrogens (tertiary/aromatic N) is 1. The summed E-state index contributed by atoms with van der Waals surface area (Å²) in [6.07, 6.45) is 4.36. The van der Waals surface area contributed by atoms with E-state index >= 15 is 0 Å². The van der Waals surface area contributed by atoms with Gasteiger partial charge in [-0.15, -0.1) is 0 Å². The van der Waals surface area contributed by atoms with Gasteiger partial charge in [-0.25, -0.2) is 0 Å². The molecule has 0 radical (unpaired) electrons. The van der Waals surface area contributed by atoms with Crippen LogP contribution < -0.4 is 5.73 Å². The molecular weight excluding hydrogens is 220 g/mol. The SMILES string of the molecule is CC(C)(C)CCn1ccc2c(CCN)cccc21. The van der Waals surface area contributed by atoms with Crippen molar-refractivity contribution in [2.75, 3.05) is 6.54 Å². The first-order valence-electron chi connectivity index (χ1n) is 6.78. The molecule has 2 heteroatoms. The van der Waals surface area contributed by atoms with E-state index in [4.69, 9.17) is 5.73 Å². The van der Waals surface area contributed by atoms with Gasteiger partial charge in [-0.1, -0.05) is 32.9 Å². The van der Waals surface area contributed by atoms with E-state index in [9.17, 15) is 0 Å². The molecule has 1 heterocycles. The molecule has 0 amide bonds. The summed E-state index contributed by atoms with van der Waals surface area (Å²) in [5, 5.41) is 1.36. The zero-order valence-corrected chi connectivity index (χ0v) is 11.7. The van der Waals surface area contributed by atoms with E-state index in [1.165, 1.54) is 22.9 Å². The van der Waals surface area contributed by atoms with Gasteiger partial charge in [0, 0.05) is 23.6 Å². The minimum atomic E-state index is 0.380. The standard InChI is InChI=1S/C16H24N2/c1-16(2,3)9-12-18-11-8-14-13(7-10-17)5-4-6-15(14)18/h4-6,8,11H,7,9-10,12,17H2,1-3H3. The van der Waals surface area contributed by atoms with Gasteiger partial charge in [0.05, 0.1) is 0 Å². The maximum Gasteiger partial charge on any atom is 0.0483 e. The number of benzene rings is 1. The van der Waals surface area contributed by atoms with Crippen LogP contribution in [0.2, 0.25) is 0 Å². The van der Waals surface area contributed by atoms with Crippen LogP contribution in [0.4, 0.5) is 0 Å². The molecule has 1 aromatic carbocycles. The Bertz CT molecular complexity index is 517. The first-order chi connectivity index (χ1) is 8.51. The molecule has 98 valence electrons. The second-order valence-corrected chi connectivity index (χ2v) is 6.21. The third kappa shape index (κ3) is 2.94. The Morgan fingerprint density at radius 1 is 1.17 bits per heavy atom.